The smallest absolute Gasteiger partial charge is 0.165 e. The fourth-order valence-electron chi connectivity index (χ4n) is 2.89. The van der Waals surface area contributed by atoms with E-state index in [1.54, 1.807) is 0 Å². The van der Waals surface area contributed by atoms with Crippen LogP contribution in [0.4, 0.5) is 0 Å². The lowest BCUT2D eigenvalue weighted by Gasteiger charge is -2.38. The zero-order chi connectivity index (χ0) is 13.2. The molecule has 104 valence electrons. The third-order valence-corrected chi connectivity index (χ3v) is 3.99. The monoisotopic (exact) mass is 262 g/mol. The van der Waals surface area contributed by atoms with Crippen LogP contribution in [0.3, 0.4) is 0 Å². The number of likely N-dealkylation sites (N-methyl/N-ethyl adjacent to an activating group) is 1. The molecular formula is C15H22N2O2. The topological polar surface area (TPSA) is 24.9 Å². The van der Waals surface area contributed by atoms with Gasteiger partial charge < -0.3 is 14.4 Å². The first kappa shape index (κ1) is 12.8. The normalized spacial score (nSPS) is 24.4. The predicted octanol–water partition coefficient (Wildman–Crippen LogP) is 1.59. The molecule has 1 atom stereocenters. The molecule has 0 amide bonds. The van der Waals surface area contributed by atoms with E-state index in [4.69, 9.17) is 9.47 Å². The first-order valence-electron chi connectivity index (χ1n) is 7.04. The van der Waals surface area contributed by atoms with Crippen molar-refractivity contribution in [2.75, 3.05) is 39.9 Å². The SMILES string of the molecule is CC1CN(C)CCN1Cc1cccc2c1OCCO2. The Labute approximate surface area is 114 Å². The number of fused-ring (bicyclic) bond motifs is 1. The summed E-state index contributed by atoms with van der Waals surface area (Å²) in [5, 5.41) is 0. The molecule has 0 spiro atoms. The summed E-state index contributed by atoms with van der Waals surface area (Å²) < 4.78 is 11.4. The lowest BCUT2D eigenvalue weighted by molar-refractivity contribution is 0.0913. The van der Waals surface area contributed by atoms with E-state index in [0.29, 0.717) is 19.3 Å². The molecule has 1 aromatic rings. The van der Waals surface area contributed by atoms with E-state index in [2.05, 4.69) is 35.9 Å². The quantitative estimate of drug-likeness (QED) is 0.808. The van der Waals surface area contributed by atoms with Crippen molar-refractivity contribution in [3.63, 3.8) is 0 Å². The molecule has 1 unspecified atom stereocenters. The minimum atomic E-state index is 0.583. The van der Waals surface area contributed by atoms with Crippen molar-refractivity contribution in [1.29, 1.82) is 0 Å². The number of nitrogens with zero attached hydrogens (tertiary/aromatic N) is 2. The van der Waals surface area contributed by atoms with E-state index in [-0.39, 0.29) is 0 Å². The summed E-state index contributed by atoms with van der Waals surface area (Å²) in [5.74, 6) is 1.84. The van der Waals surface area contributed by atoms with Crippen LogP contribution < -0.4 is 9.47 Å². The van der Waals surface area contributed by atoms with Gasteiger partial charge in [-0.15, -0.1) is 0 Å². The first-order chi connectivity index (χ1) is 9.24. The Morgan fingerprint density at radius 1 is 1.21 bits per heavy atom. The van der Waals surface area contributed by atoms with E-state index in [0.717, 1.165) is 37.7 Å². The van der Waals surface area contributed by atoms with Gasteiger partial charge in [-0.3, -0.25) is 4.90 Å². The summed E-state index contributed by atoms with van der Waals surface area (Å²) in [7, 11) is 2.19. The Balaban J connectivity index is 1.76. The molecule has 0 bridgehead atoms. The van der Waals surface area contributed by atoms with Gasteiger partial charge in [0.05, 0.1) is 0 Å². The van der Waals surface area contributed by atoms with Gasteiger partial charge in [-0.2, -0.15) is 0 Å². The maximum atomic E-state index is 5.79. The van der Waals surface area contributed by atoms with Crippen LogP contribution in [0.1, 0.15) is 12.5 Å². The van der Waals surface area contributed by atoms with Crippen molar-refractivity contribution in [2.45, 2.75) is 19.5 Å². The zero-order valence-corrected chi connectivity index (χ0v) is 11.8. The van der Waals surface area contributed by atoms with Crippen molar-refractivity contribution >= 4 is 0 Å². The first-order valence-corrected chi connectivity index (χ1v) is 7.04. The summed E-state index contributed by atoms with van der Waals surface area (Å²) >= 11 is 0. The van der Waals surface area contributed by atoms with Crippen LogP contribution >= 0.6 is 0 Å². The molecule has 19 heavy (non-hydrogen) atoms. The number of hydrogen-bond acceptors (Lipinski definition) is 4. The molecule has 0 N–H and O–H groups in total. The number of ether oxygens (including phenoxy) is 2. The van der Waals surface area contributed by atoms with Crippen LogP contribution in [-0.4, -0.2) is 55.7 Å². The number of hydrogen-bond donors (Lipinski definition) is 0. The molecular weight excluding hydrogens is 240 g/mol. The third kappa shape index (κ3) is 2.69. The maximum absolute atomic E-state index is 5.79. The third-order valence-electron chi connectivity index (χ3n) is 3.99. The fourth-order valence-corrected chi connectivity index (χ4v) is 2.89. The zero-order valence-electron chi connectivity index (χ0n) is 11.8. The van der Waals surface area contributed by atoms with Crippen molar-refractivity contribution in [1.82, 2.24) is 9.80 Å². The molecule has 2 heterocycles. The highest BCUT2D eigenvalue weighted by Crippen LogP contribution is 2.34. The van der Waals surface area contributed by atoms with Crippen molar-refractivity contribution in [3.8, 4) is 11.5 Å². The predicted molar refractivity (Wildman–Crippen MR) is 74.8 cm³/mol. The number of piperazine rings is 1. The van der Waals surface area contributed by atoms with Crippen LogP contribution in [-0.2, 0) is 6.54 Å². The van der Waals surface area contributed by atoms with Gasteiger partial charge in [0.1, 0.15) is 13.2 Å². The molecule has 1 aromatic carbocycles. The van der Waals surface area contributed by atoms with Crippen LogP contribution in [0.2, 0.25) is 0 Å². The van der Waals surface area contributed by atoms with E-state index in [9.17, 15) is 0 Å². The van der Waals surface area contributed by atoms with Crippen LogP contribution in [0.25, 0.3) is 0 Å². The van der Waals surface area contributed by atoms with E-state index >= 15 is 0 Å². The summed E-state index contributed by atoms with van der Waals surface area (Å²) in [5.41, 5.74) is 1.24. The second-order valence-electron chi connectivity index (χ2n) is 5.52. The number of rotatable bonds is 2. The van der Waals surface area contributed by atoms with E-state index in [1.807, 2.05) is 6.07 Å². The average molecular weight is 262 g/mol. The Morgan fingerprint density at radius 3 is 2.89 bits per heavy atom. The largest absolute Gasteiger partial charge is 0.486 e. The second-order valence-corrected chi connectivity index (χ2v) is 5.52. The van der Waals surface area contributed by atoms with Gasteiger partial charge in [0.2, 0.25) is 0 Å². The van der Waals surface area contributed by atoms with Gasteiger partial charge >= 0.3 is 0 Å². The van der Waals surface area contributed by atoms with Gasteiger partial charge in [-0.25, -0.2) is 0 Å². The fraction of sp³-hybridized carbons (Fsp3) is 0.600. The van der Waals surface area contributed by atoms with Gasteiger partial charge in [-0.05, 0) is 20.0 Å². The lowest BCUT2D eigenvalue weighted by Crippen LogP contribution is -2.49. The van der Waals surface area contributed by atoms with Gasteiger partial charge in [0, 0.05) is 37.8 Å². The van der Waals surface area contributed by atoms with Crippen LogP contribution in [0.5, 0.6) is 11.5 Å². The maximum Gasteiger partial charge on any atom is 0.165 e. The van der Waals surface area contributed by atoms with Crippen molar-refractivity contribution in [2.24, 2.45) is 0 Å². The molecule has 1 fully saturated rings. The number of benzene rings is 1. The van der Waals surface area contributed by atoms with Gasteiger partial charge in [0.25, 0.3) is 0 Å². The molecule has 3 rings (SSSR count). The summed E-state index contributed by atoms with van der Waals surface area (Å²) in [4.78, 5) is 4.91. The Morgan fingerprint density at radius 2 is 2.05 bits per heavy atom. The van der Waals surface area contributed by atoms with Crippen LogP contribution in [0.15, 0.2) is 18.2 Å². The molecule has 2 aliphatic rings. The summed E-state index contributed by atoms with van der Waals surface area (Å²) in [6.45, 7) is 7.93. The minimum Gasteiger partial charge on any atom is -0.486 e. The molecule has 0 aliphatic carbocycles. The Kier molecular flexibility index (Phi) is 3.62. The molecule has 1 saturated heterocycles. The van der Waals surface area contributed by atoms with Gasteiger partial charge in [-0.1, -0.05) is 12.1 Å². The Bertz CT molecular complexity index is 450. The number of para-hydroxylation sites is 1. The highest BCUT2D eigenvalue weighted by molar-refractivity contribution is 5.47. The molecule has 2 aliphatic heterocycles. The summed E-state index contributed by atoms with van der Waals surface area (Å²) in [6, 6.07) is 6.78. The highest BCUT2D eigenvalue weighted by atomic mass is 16.6. The van der Waals surface area contributed by atoms with Crippen LogP contribution in [0, 0.1) is 0 Å². The molecule has 4 heteroatoms. The van der Waals surface area contributed by atoms with Gasteiger partial charge in [0.15, 0.2) is 11.5 Å². The second kappa shape index (κ2) is 5.39. The molecule has 0 aromatic heterocycles. The van der Waals surface area contributed by atoms with E-state index < -0.39 is 0 Å². The van der Waals surface area contributed by atoms with Crippen molar-refractivity contribution < 1.29 is 9.47 Å². The summed E-state index contributed by atoms with van der Waals surface area (Å²) in [6.07, 6.45) is 0. The molecule has 0 radical (unpaired) electrons. The lowest BCUT2D eigenvalue weighted by atomic mass is 10.1. The Hall–Kier alpha value is -1.26. The van der Waals surface area contributed by atoms with E-state index in [1.165, 1.54) is 5.56 Å². The van der Waals surface area contributed by atoms with Crippen molar-refractivity contribution in [3.05, 3.63) is 23.8 Å². The standard InChI is InChI=1S/C15H22N2O2/c1-12-10-16(2)6-7-17(12)11-13-4-3-5-14-15(13)19-9-8-18-14/h3-5,12H,6-11H2,1-2H3. The molecule has 0 saturated carbocycles. The minimum absolute atomic E-state index is 0.583. The highest BCUT2D eigenvalue weighted by Gasteiger charge is 2.24. The average Bonchev–Trinajstić information content (AvgIpc) is 2.42. The molecule has 4 nitrogen and oxygen atoms in total.